The Hall–Kier alpha value is -2.68. The molecule has 0 saturated carbocycles. The van der Waals surface area contributed by atoms with Gasteiger partial charge in [-0.3, -0.25) is 4.68 Å². The molecule has 0 bridgehead atoms. The molecule has 3 aromatic rings. The number of nitrogens with one attached hydrogen (secondary N) is 2. The van der Waals surface area contributed by atoms with Crippen molar-refractivity contribution in [2.24, 2.45) is 7.05 Å². The van der Waals surface area contributed by atoms with Gasteiger partial charge in [0.2, 0.25) is 10.0 Å². The van der Waals surface area contributed by atoms with Gasteiger partial charge >= 0.3 is 0 Å². The smallest absolute Gasteiger partial charge is 0.243 e. The van der Waals surface area contributed by atoms with Crippen LogP contribution >= 0.6 is 0 Å². The molecule has 1 aromatic heterocycles. The Morgan fingerprint density at radius 1 is 1.17 bits per heavy atom. The second-order valence-corrected chi connectivity index (χ2v) is 9.32. The fourth-order valence-corrected chi connectivity index (χ4v) is 4.85. The maximum absolute atomic E-state index is 12.5. The number of hydrogen-bond acceptors (Lipinski definition) is 5. The van der Waals surface area contributed by atoms with Crippen molar-refractivity contribution in [2.75, 3.05) is 13.7 Å². The Labute approximate surface area is 177 Å². The van der Waals surface area contributed by atoms with Gasteiger partial charge in [-0.05, 0) is 36.2 Å². The van der Waals surface area contributed by atoms with E-state index in [0.717, 1.165) is 23.3 Å². The number of aromatic nitrogens is 2. The zero-order chi connectivity index (χ0) is 21.1. The summed E-state index contributed by atoms with van der Waals surface area (Å²) in [6, 6.07) is 16.5. The molecule has 2 N–H and O–H groups in total. The van der Waals surface area contributed by atoms with Gasteiger partial charge in [-0.2, -0.15) is 5.10 Å². The molecule has 1 aliphatic heterocycles. The van der Waals surface area contributed by atoms with Crippen LogP contribution in [0.25, 0.3) is 0 Å². The van der Waals surface area contributed by atoms with Crippen molar-refractivity contribution in [1.82, 2.24) is 19.8 Å². The van der Waals surface area contributed by atoms with E-state index in [4.69, 9.17) is 4.74 Å². The van der Waals surface area contributed by atoms with Gasteiger partial charge in [-0.15, -0.1) is 0 Å². The van der Waals surface area contributed by atoms with Crippen LogP contribution in [0.15, 0.2) is 65.8 Å². The van der Waals surface area contributed by atoms with Gasteiger partial charge in [0.05, 0.1) is 6.20 Å². The molecular formula is C22H26N4O3S. The van der Waals surface area contributed by atoms with Crippen molar-refractivity contribution >= 4 is 10.0 Å². The Balaban J connectivity index is 1.57. The summed E-state index contributed by atoms with van der Waals surface area (Å²) in [6.07, 6.45) is 3.71. The Morgan fingerprint density at radius 2 is 1.97 bits per heavy atom. The molecule has 8 heteroatoms. The monoisotopic (exact) mass is 426 g/mol. The minimum atomic E-state index is -3.61. The maximum atomic E-state index is 12.5. The number of hydrogen-bond donors (Lipinski definition) is 2. The van der Waals surface area contributed by atoms with Gasteiger partial charge in [-0.25, -0.2) is 13.1 Å². The van der Waals surface area contributed by atoms with E-state index in [1.807, 2.05) is 37.4 Å². The number of ether oxygens (including phenoxy) is 1. The quantitative estimate of drug-likeness (QED) is 0.605. The van der Waals surface area contributed by atoms with E-state index in [2.05, 4.69) is 33.3 Å². The van der Waals surface area contributed by atoms with Crippen LogP contribution in [0.2, 0.25) is 0 Å². The topological polar surface area (TPSA) is 85.2 Å². The summed E-state index contributed by atoms with van der Waals surface area (Å²) in [7, 11) is 0.0220. The van der Waals surface area contributed by atoms with Crippen molar-refractivity contribution in [3.05, 3.63) is 77.6 Å². The Morgan fingerprint density at radius 3 is 2.67 bits per heavy atom. The predicted molar refractivity (Wildman–Crippen MR) is 115 cm³/mol. The summed E-state index contributed by atoms with van der Waals surface area (Å²) in [4.78, 5) is 0.156. The lowest BCUT2D eigenvalue weighted by Gasteiger charge is -2.34. The van der Waals surface area contributed by atoms with Crippen LogP contribution in [0.5, 0.6) is 5.75 Å². The van der Waals surface area contributed by atoms with Crippen LogP contribution in [-0.4, -0.2) is 37.9 Å². The van der Waals surface area contributed by atoms with Gasteiger partial charge in [-0.1, -0.05) is 42.5 Å². The molecule has 2 atom stereocenters. The molecule has 7 nitrogen and oxygen atoms in total. The van der Waals surface area contributed by atoms with Crippen molar-refractivity contribution in [3.63, 3.8) is 0 Å². The van der Waals surface area contributed by atoms with Gasteiger partial charge in [0.1, 0.15) is 17.3 Å². The van der Waals surface area contributed by atoms with E-state index in [-0.39, 0.29) is 23.4 Å². The highest BCUT2D eigenvalue weighted by atomic mass is 32.2. The van der Waals surface area contributed by atoms with Gasteiger partial charge in [0, 0.05) is 31.7 Å². The van der Waals surface area contributed by atoms with Crippen LogP contribution in [0.3, 0.4) is 0 Å². The number of benzene rings is 2. The number of sulfonamides is 1. The van der Waals surface area contributed by atoms with Gasteiger partial charge in [0.15, 0.2) is 0 Å². The number of nitrogens with zero attached hydrogens (tertiary/aromatic N) is 2. The maximum Gasteiger partial charge on any atom is 0.243 e. The van der Waals surface area contributed by atoms with Crippen molar-refractivity contribution in [1.29, 1.82) is 0 Å². The first-order valence-corrected chi connectivity index (χ1v) is 11.4. The third-order valence-corrected chi connectivity index (χ3v) is 6.86. The third-order valence-electron chi connectivity index (χ3n) is 5.50. The average molecular weight is 427 g/mol. The van der Waals surface area contributed by atoms with E-state index >= 15 is 0 Å². The Bertz CT molecular complexity index is 1110. The van der Waals surface area contributed by atoms with Crippen LogP contribution in [0.1, 0.15) is 22.6 Å². The van der Waals surface area contributed by atoms with Crippen LogP contribution in [0.4, 0.5) is 0 Å². The van der Waals surface area contributed by atoms with Crippen LogP contribution in [0, 0.1) is 0 Å². The van der Waals surface area contributed by atoms with E-state index in [1.165, 1.54) is 22.6 Å². The number of rotatable bonds is 7. The second kappa shape index (κ2) is 8.59. The molecule has 0 fully saturated rings. The molecule has 0 radical (unpaired) electrons. The third kappa shape index (κ3) is 4.40. The normalized spacial score (nSPS) is 18.6. The molecule has 0 unspecified atom stereocenters. The highest BCUT2D eigenvalue weighted by Gasteiger charge is 2.30. The number of aryl methyl sites for hydroxylation is 1. The predicted octanol–water partition coefficient (Wildman–Crippen LogP) is 2.21. The van der Waals surface area contributed by atoms with Crippen LogP contribution in [-0.2, 0) is 30.0 Å². The fraction of sp³-hybridized carbons (Fsp3) is 0.318. The fourth-order valence-electron chi connectivity index (χ4n) is 3.85. The molecule has 0 aliphatic carbocycles. The molecule has 1 aliphatic rings. The first-order valence-electron chi connectivity index (χ1n) is 9.91. The minimum Gasteiger partial charge on any atom is -0.492 e. The molecule has 4 rings (SSSR count). The van der Waals surface area contributed by atoms with E-state index in [9.17, 15) is 8.42 Å². The lowest BCUT2D eigenvalue weighted by Crippen LogP contribution is -2.41. The molecule has 158 valence electrons. The SMILES string of the molecule is CN[C@@H]1COc2ccc(CNS(=O)(=O)c3cnn(C)c3)cc2[C@@H]1Cc1ccccc1. The van der Waals surface area contributed by atoms with E-state index in [1.54, 1.807) is 7.05 Å². The summed E-state index contributed by atoms with van der Waals surface area (Å²) >= 11 is 0. The van der Waals surface area contributed by atoms with Crippen LogP contribution < -0.4 is 14.8 Å². The highest BCUT2D eigenvalue weighted by Crippen LogP contribution is 2.36. The summed E-state index contributed by atoms with van der Waals surface area (Å²) in [6.45, 7) is 0.806. The summed E-state index contributed by atoms with van der Waals surface area (Å²) in [5.41, 5.74) is 3.25. The molecular weight excluding hydrogens is 400 g/mol. The molecule has 0 amide bonds. The average Bonchev–Trinajstić information content (AvgIpc) is 3.21. The minimum absolute atomic E-state index is 0.156. The zero-order valence-electron chi connectivity index (χ0n) is 17.1. The highest BCUT2D eigenvalue weighted by molar-refractivity contribution is 7.89. The molecule has 2 aromatic carbocycles. The van der Waals surface area contributed by atoms with Gasteiger partial charge in [0.25, 0.3) is 0 Å². The van der Waals surface area contributed by atoms with Crippen molar-refractivity contribution < 1.29 is 13.2 Å². The zero-order valence-corrected chi connectivity index (χ0v) is 17.9. The molecule has 0 spiro atoms. The molecule has 30 heavy (non-hydrogen) atoms. The summed E-state index contributed by atoms with van der Waals surface area (Å²) in [5.74, 6) is 1.09. The van der Waals surface area contributed by atoms with Crippen molar-refractivity contribution in [2.45, 2.75) is 29.8 Å². The lowest BCUT2D eigenvalue weighted by molar-refractivity contribution is 0.218. The summed E-state index contributed by atoms with van der Waals surface area (Å²) < 4.78 is 35.1. The Kier molecular flexibility index (Phi) is 5.90. The van der Waals surface area contributed by atoms with E-state index < -0.39 is 10.0 Å². The van der Waals surface area contributed by atoms with Crippen molar-refractivity contribution in [3.8, 4) is 5.75 Å². The van der Waals surface area contributed by atoms with E-state index in [0.29, 0.717) is 6.61 Å². The standard InChI is InChI=1S/C22H26N4O3S/c1-23-21-15-29-22-9-8-17(12-25-30(27,28)18-13-24-26(2)14-18)11-20(22)19(21)10-16-6-4-3-5-7-16/h3-9,11,13-14,19,21,23,25H,10,12,15H2,1-2H3/t19-,21+/m0/s1. The van der Waals surface area contributed by atoms with Gasteiger partial charge < -0.3 is 10.1 Å². The molecule has 2 heterocycles. The number of fused-ring (bicyclic) bond motifs is 1. The first-order chi connectivity index (χ1) is 14.5. The molecule has 0 saturated heterocycles. The number of likely N-dealkylation sites (N-methyl/N-ethyl adjacent to an activating group) is 1. The first kappa shape index (κ1) is 20.6. The summed E-state index contributed by atoms with van der Waals surface area (Å²) in [5, 5.41) is 7.31. The lowest BCUT2D eigenvalue weighted by atomic mass is 9.83. The second-order valence-electron chi connectivity index (χ2n) is 7.55. The largest absolute Gasteiger partial charge is 0.492 e.